The van der Waals surface area contributed by atoms with Gasteiger partial charge in [0.05, 0.1) is 83.4 Å². The minimum absolute atomic E-state index is 0.0123. The molecule has 9 aromatic heterocycles. The van der Waals surface area contributed by atoms with E-state index >= 15 is 26.3 Å². The lowest BCUT2D eigenvalue weighted by Crippen LogP contribution is -2.49. The molecule has 3 amide bonds. The molecule has 15 rings (SSSR count). The van der Waals surface area contributed by atoms with Crippen LogP contribution in [-0.2, 0) is 14.4 Å². The summed E-state index contributed by atoms with van der Waals surface area (Å²) in [6.07, 6.45) is 8.31. The molecule has 3 aliphatic rings. The fraction of sp³-hybridized carbons (Fsp3) is 0.276. The normalized spacial score (nSPS) is 13.7. The van der Waals surface area contributed by atoms with Crippen LogP contribution in [0.5, 0.6) is 0 Å². The molecule has 0 unspecified atom stereocenters. The van der Waals surface area contributed by atoms with Gasteiger partial charge in [0.1, 0.15) is 50.3 Å². The Bertz CT molecular complexity index is 6170. The summed E-state index contributed by atoms with van der Waals surface area (Å²) < 4.78 is 183. The number of aryl methyl sites for hydroxylation is 3. The highest BCUT2D eigenvalue weighted by atomic mass is 35.5. The van der Waals surface area contributed by atoms with Gasteiger partial charge in [0.25, 0.3) is 0 Å². The number of carbonyl (C=O) groups is 3. The molecular formula is C87H78Cl3F12N21O6. The molecule has 12 heterocycles. The van der Waals surface area contributed by atoms with Crippen LogP contribution in [-0.4, -0.2) is 170 Å². The summed E-state index contributed by atoms with van der Waals surface area (Å²) in [5.41, 5.74) is 9.94. The maximum atomic E-state index is 15.9. The van der Waals surface area contributed by atoms with Crippen LogP contribution in [0.1, 0.15) is 93.1 Å². The number of anilines is 6. The van der Waals surface area contributed by atoms with E-state index < -0.39 is 153 Å². The van der Waals surface area contributed by atoms with Crippen LogP contribution in [0.2, 0.25) is 15.1 Å². The number of nitrogen functional groups attached to an aromatic ring is 3. The third kappa shape index (κ3) is 16.9. The van der Waals surface area contributed by atoms with E-state index in [0.29, 0.717) is 58.2 Å². The van der Waals surface area contributed by atoms with Gasteiger partial charge in [-0.1, -0.05) is 96.1 Å². The predicted octanol–water partition coefficient (Wildman–Crippen LogP) is 14.7. The van der Waals surface area contributed by atoms with Crippen LogP contribution in [0.4, 0.5) is 87.2 Å². The second kappa shape index (κ2) is 37.0. The number of piperazine rings is 3. The first-order valence-electron chi connectivity index (χ1n) is 39.7. The van der Waals surface area contributed by atoms with Crippen LogP contribution in [0.25, 0.3) is 83.9 Å². The fourth-order valence-corrected chi connectivity index (χ4v) is 16.1. The second-order valence-corrected chi connectivity index (χ2v) is 32.1. The third-order valence-electron chi connectivity index (χ3n) is 22.0. The van der Waals surface area contributed by atoms with E-state index in [4.69, 9.17) is 52.0 Å². The molecule has 12 aromatic rings. The standard InChI is InChI=1S/C29H26Cl2F3N7O2.C29H26ClF4N7O2.C29H26F5N7O2/c1-5-17(42)39-8-10-40(11-9-39)27-15-12-16(32)25(18-21(33)19(30)22(34)20(31)23(18)35)37-28(15)41(29(43)38-27)26-14(4)6-7-36-24(26)13(2)3;1-5-17(42)39-8-10-40(11-9-39)27-15-12-16(31)25(18-19(30)23(35)22(34)21(33)20(18)32)37-28(15)41(29(43)38-27)26-14(4)6-7-36-24(26)13(2)3;1-5-17(42)39-8-10-40(11-9-39)27-15-12-16(30)25(18-19(31)21(33)22(34)23(35)20(18)32)37-28(15)41(29(43)38-27)26-14(4)6-7-36-24(26)13(2)3/h3*5-7,12-13H,1,8-11,35H2,2-4H3. The molecule has 42 heteroatoms. The summed E-state index contributed by atoms with van der Waals surface area (Å²) in [5.74, 6) is -20.6. The van der Waals surface area contributed by atoms with Gasteiger partial charge in [-0.2, -0.15) is 15.0 Å². The zero-order chi connectivity index (χ0) is 94.0. The third-order valence-corrected chi connectivity index (χ3v) is 23.1. The Labute approximate surface area is 741 Å². The number of nitrogens with zero attached hydrogens (tertiary/aromatic N) is 18. The first-order chi connectivity index (χ1) is 61.1. The Balaban J connectivity index is 0.000000165. The number of aromatic nitrogens is 12. The minimum Gasteiger partial charge on any atom is -0.397 e. The molecule has 0 bridgehead atoms. The lowest BCUT2D eigenvalue weighted by Gasteiger charge is -2.35. The number of benzene rings is 3. The molecule has 0 radical (unpaired) electrons. The van der Waals surface area contributed by atoms with Crippen molar-refractivity contribution >= 4 is 120 Å². The molecule has 0 spiro atoms. The number of hydrogen-bond acceptors (Lipinski definition) is 21. The molecule has 3 saturated heterocycles. The maximum Gasteiger partial charge on any atom is 0.355 e. The zero-order valence-electron chi connectivity index (χ0n) is 70.2. The second-order valence-electron chi connectivity index (χ2n) is 31.0. The molecule has 27 nitrogen and oxygen atoms in total. The number of rotatable bonds is 15. The summed E-state index contributed by atoms with van der Waals surface area (Å²) >= 11 is 17.9. The van der Waals surface area contributed by atoms with Crippen LogP contribution >= 0.6 is 34.8 Å². The van der Waals surface area contributed by atoms with Gasteiger partial charge < -0.3 is 46.6 Å². The van der Waals surface area contributed by atoms with Gasteiger partial charge >= 0.3 is 17.1 Å². The van der Waals surface area contributed by atoms with E-state index in [-0.39, 0.29) is 157 Å². The van der Waals surface area contributed by atoms with E-state index in [9.17, 15) is 55.1 Å². The van der Waals surface area contributed by atoms with Gasteiger partial charge in [0, 0.05) is 97.1 Å². The summed E-state index contributed by atoms with van der Waals surface area (Å²) in [6, 6.07) is 7.90. The lowest BCUT2D eigenvalue weighted by molar-refractivity contribution is -0.127. The van der Waals surface area contributed by atoms with Crippen LogP contribution in [0, 0.1) is 90.6 Å². The topological polar surface area (TPSA) is 331 Å². The highest BCUT2D eigenvalue weighted by molar-refractivity contribution is 6.37. The number of carbonyl (C=O) groups excluding carboxylic acids is 3. The number of pyridine rings is 6. The van der Waals surface area contributed by atoms with Crippen molar-refractivity contribution in [2.24, 2.45) is 0 Å². The molecule has 129 heavy (non-hydrogen) atoms. The molecule has 3 aromatic carbocycles. The number of hydrogen-bond donors (Lipinski definition) is 3. The summed E-state index contributed by atoms with van der Waals surface area (Å²) in [7, 11) is 0. The minimum atomic E-state index is -2.11. The molecule has 3 fully saturated rings. The summed E-state index contributed by atoms with van der Waals surface area (Å²) in [6.45, 7) is 30.0. The van der Waals surface area contributed by atoms with E-state index in [1.165, 1.54) is 27.7 Å². The van der Waals surface area contributed by atoms with Crippen molar-refractivity contribution in [2.45, 2.75) is 80.1 Å². The van der Waals surface area contributed by atoms with Gasteiger partial charge in [0.2, 0.25) is 17.7 Å². The number of fused-ring (bicyclic) bond motifs is 3. The van der Waals surface area contributed by atoms with Crippen molar-refractivity contribution in [1.29, 1.82) is 0 Å². The van der Waals surface area contributed by atoms with Crippen molar-refractivity contribution < 1.29 is 67.1 Å². The van der Waals surface area contributed by atoms with Crippen molar-refractivity contribution in [3.63, 3.8) is 0 Å². The summed E-state index contributed by atoms with van der Waals surface area (Å²) in [5, 5.41) is -2.30. The van der Waals surface area contributed by atoms with Crippen LogP contribution in [0.15, 0.2) is 107 Å². The first kappa shape index (κ1) is 93.1. The lowest BCUT2D eigenvalue weighted by atomic mass is 10.0. The molecule has 0 aliphatic carbocycles. The largest absolute Gasteiger partial charge is 0.397 e. The van der Waals surface area contributed by atoms with Crippen molar-refractivity contribution in [3.05, 3.63) is 243 Å². The molecule has 3 aliphatic heterocycles. The average Bonchev–Trinajstić information content (AvgIpc) is 0.738. The highest BCUT2D eigenvalue weighted by Crippen LogP contribution is 2.46. The molecule has 672 valence electrons. The first-order valence-corrected chi connectivity index (χ1v) is 40.9. The van der Waals surface area contributed by atoms with Crippen molar-refractivity contribution in [2.75, 3.05) is 110 Å². The van der Waals surface area contributed by atoms with Gasteiger partial charge in [-0.3, -0.25) is 29.3 Å². The van der Waals surface area contributed by atoms with Crippen molar-refractivity contribution in [3.8, 4) is 50.8 Å². The van der Waals surface area contributed by atoms with Crippen molar-refractivity contribution in [1.82, 2.24) is 73.3 Å². The predicted molar refractivity (Wildman–Crippen MR) is 466 cm³/mol. The monoisotopic (exact) mass is 1850 g/mol. The van der Waals surface area contributed by atoms with Gasteiger partial charge in [-0.05, 0) is 110 Å². The number of amides is 3. The van der Waals surface area contributed by atoms with Crippen LogP contribution < -0.4 is 49.0 Å². The van der Waals surface area contributed by atoms with Crippen LogP contribution in [0.3, 0.4) is 0 Å². The molecule has 6 N–H and O–H groups in total. The fourth-order valence-electron chi connectivity index (χ4n) is 15.4. The summed E-state index contributed by atoms with van der Waals surface area (Å²) in [4.78, 5) is 127. The number of nitrogens with two attached hydrogens (primary N) is 3. The Kier molecular flexibility index (Phi) is 26.7. The van der Waals surface area contributed by atoms with Gasteiger partial charge in [0.15, 0.2) is 86.7 Å². The smallest absolute Gasteiger partial charge is 0.355 e. The van der Waals surface area contributed by atoms with E-state index in [1.807, 2.05) is 41.5 Å². The SMILES string of the molecule is C=CC(=O)N1CCN(c2nc(=O)n(-c3c(C)ccnc3C(C)C)c3nc(-c4c(F)c(F)c(F)c(N)c4Cl)c(F)cc23)CC1.C=CC(=O)N1CCN(c2nc(=O)n(-c3c(C)ccnc3C(C)C)c3nc(-c4c(F)c(N)c(F)c(F)c4F)c(F)cc23)CC1.C=CC(=O)N1CCN(c2nc(=O)n(-c3c(C)ccnc3C(C)C)c3nc(-c4c(N)c(Cl)c(F)c(Cl)c4F)c(F)cc23)CC1. The van der Waals surface area contributed by atoms with Gasteiger partial charge in [-0.25, -0.2) is 95.7 Å². The van der Waals surface area contributed by atoms with Gasteiger partial charge in [-0.15, -0.1) is 0 Å². The Hall–Kier alpha value is -13.6. The zero-order valence-corrected chi connectivity index (χ0v) is 72.4. The Morgan fingerprint density at radius 2 is 0.659 bits per heavy atom. The highest BCUT2D eigenvalue weighted by Gasteiger charge is 2.37. The Morgan fingerprint density at radius 3 is 0.969 bits per heavy atom. The van der Waals surface area contributed by atoms with E-state index in [0.717, 1.165) is 27.3 Å². The maximum absolute atomic E-state index is 15.9. The molecule has 0 saturated carbocycles. The molecule has 0 atom stereocenters. The van der Waals surface area contributed by atoms with E-state index in [1.54, 1.807) is 82.1 Å². The molecular weight excluding hydrogens is 1770 g/mol. The quantitative estimate of drug-likeness (QED) is 0.0282. The van der Waals surface area contributed by atoms with E-state index in [2.05, 4.69) is 64.6 Å². The number of halogens is 15. The average molecular weight is 1850 g/mol. The Morgan fingerprint density at radius 1 is 0.364 bits per heavy atom.